The molecule has 2 unspecified atom stereocenters. The Morgan fingerprint density at radius 3 is 2.54 bits per heavy atom. The molecule has 132 valence electrons. The summed E-state index contributed by atoms with van der Waals surface area (Å²) in [5, 5.41) is 8.27. The summed E-state index contributed by atoms with van der Waals surface area (Å²) in [5.74, 6) is -0.901. The van der Waals surface area contributed by atoms with E-state index in [2.05, 4.69) is 16.0 Å². The van der Waals surface area contributed by atoms with E-state index in [4.69, 9.17) is 0 Å². The van der Waals surface area contributed by atoms with E-state index in [0.717, 1.165) is 25.2 Å². The number of benzene rings is 1. The molecule has 2 amide bonds. The highest BCUT2D eigenvalue weighted by atomic mass is 19.4. The standard InChI is InChI=1S/C16H20F3N3O2/c1-9-8-20-4-3-14(9)22-15(24)11-5-12(16(17,18)19)7-13(6-11)21-10(2)23/h5-7,9,14,20H,3-4,8H2,1-2H3,(H,21,23)(H,22,24). The maximum absolute atomic E-state index is 13.0. The minimum Gasteiger partial charge on any atom is -0.349 e. The second-order valence-corrected chi connectivity index (χ2v) is 6.03. The number of anilines is 1. The van der Waals surface area contributed by atoms with Gasteiger partial charge >= 0.3 is 6.18 Å². The van der Waals surface area contributed by atoms with Crippen LogP contribution in [0.5, 0.6) is 0 Å². The number of hydrogen-bond acceptors (Lipinski definition) is 3. The predicted octanol–water partition coefficient (Wildman–Crippen LogP) is 2.39. The first-order chi connectivity index (χ1) is 11.2. The number of amides is 2. The van der Waals surface area contributed by atoms with Gasteiger partial charge in [0, 0.05) is 24.2 Å². The van der Waals surface area contributed by atoms with Gasteiger partial charge in [0.1, 0.15) is 0 Å². The summed E-state index contributed by atoms with van der Waals surface area (Å²) in [6.45, 7) is 4.64. The molecule has 0 aromatic heterocycles. The van der Waals surface area contributed by atoms with Crippen molar-refractivity contribution in [2.75, 3.05) is 18.4 Å². The Morgan fingerprint density at radius 2 is 1.96 bits per heavy atom. The number of halogens is 3. The highest BCUT2D eigenvalue weighted by molar-refractivity contribution is 5.97. The molecular formula is C16H20F3N3O2. The number of carbonyl (C=O) groups is 2. The minimum atomic E-state index is -4.61. The van der Waals surface area contributed by atoms with Crippen LogP contribution in [0.1, 0.15) is 36.2 Å². The molecule has 1 aromatic rings. The molecule has 0 radical (unpaired) electrons. The second kappa shape index (κ2) is 7.21. The van der Waals surface area contributed by atoms with E-state index in [1.807, 2.05) is 6.92 Å². The first-order valence-corrected chi connectivity index (χ1v) is 7.68. The predicted molar refractivity (Wildman–Crippen MR) is 83.7 cm³/mol. The molecule has 1 aliphatic heterocycles. The second-order valence-electron chi connectivity index (χ2n) is 6.03. The Hall–Kier alpha value is -2.09. The summed E-state index contributed by atoms with van der Waals surface area (Å²) in [6.07, 6.45) is -3.89. The topological polar surface area (TPSA) is 70.2 Å². The van der Waals surface area contributed by atoms with Gasteiger partial charge < -0.3 is 16.0 Å². The molecule has 1 fully saturated rings. The van der Waals surface area contributed by atoms with Gasteiger partial charge in [-0.05, 0) is 43.6 Å². The summed E-state index contributed by atoms with van der Waals surface area (Å²) in [4.78, 5) is 23.5. The third-order valence-electron chi connectivity index (χ3n) is 3.94. The lowest BCUT2D eigenvalue weighted by atomic mass is 9.95. The summed E-state index contributed by atoms with van der Waals surface area (Å²) >= 11 is 0. The van der Waals surface area contributed by atoms with Gasteiger partial charge in [-0.25, -0.2) is 0 Å². The van der Waals surface area contributed by atoms with Crippen molar-refractivity contribution in [2.24, 2.45) is 5.92 Å². The largest absolute Gasteiger partial charge is 0.416 e. The van der Waals surface area contributed by atoms with E-state index in [9.17, 15) is 22.8 Å². The lowest BCUT2D eigenvalue weighted by Crippen LogP contribution is -2.48. The van der Waals surface area contributed by atoms with Crippen LogP contribution in [0.3, 0.4) is 0 Å². The molecule has 8 heteroatoms. The highest BCUT2D eigenvalue weighted by Crippen LogP contribution is 2.32. The van der Waals surface area contributed by atoms with Gasteiger partial charge in [0.2, 0.25) is 5.91 Å². The molecule has 1 aromatic carbocycles. The molecule has 0 aliphatic carbocycles. The molecule has 0 bridgehead atoms. The van der Waals surface area contributed by atoms with Crippen molar-refractivity contribution in [2.45, 2.75) is 32.5 Å². The number of hydrogen-bond donors (Lipinski definition) is 3. The van der Waals surface area contributed by atoms with Crippen LogP contribution in [0.2, 0.25) is 0 Å². The van der Waals surface area contributed by atoms with Crippen molar-refractivity contribution in [3.8, 4) is 0 Å². The Kier molecular flexibility index (Phi) is 5.48. The number of carbonyl (C=O) groups excluding carboxylic acids is 2. The lowest BCUT2D eigenvalue weighted by molar-refractivity contribution is -0.137. The average Bonchev–Trinajstić information content (AvgIpc) is 2.47. The van der Waals surface area contributed by atoms with Crippen molar-refractivity contribution in [3.05, 3.63) is 29.3 Å². The number of alkyl halides is 3. The van der Waals surface area contributed by atoms with E-state index in [1.165, 1.54) is 13.0 Å². The van der Waals surface area contributed by atoms with Gasteiger partial charge in [0.15, 0.2) is 0 Å². The zero-order chi connectivity index (χ0) is 17.9. The summed E-state index contributed by atoms with van der Waals surface area (Å²) in [5.41, 5.74) is -1.16. The van der Waals surface area contributed by atoms with Crippen LogP contribution < -0.4 is 16.0 Å². The maximum atomic E-state index is 13.0. The third kappa shape index (κ3) is 4.70. The summed E-state index contributed by atoms with van der Waals surface area (Å²) in [6, 6.07) is 2.76. The normalized spacial score (nSPS) is 21.2. The first kappa shape index (κ1) is 18.3. The van der Waals surface area contributed by atoms with Gasteiger partial charge in [0.25, 0.3) is 5.91 Å². The fourth-order valence-corrected chi connectivity index (χ4v) is 2.68. The van der Waals surface area contributed by atoms with E-state index in [-0.39, 0.29) is 23.2 Å². The van der Waals surface area contributed by atoms with Crippen LogP contribution in [0.15, 0.2) is 18.2 Å². The molecule has 1 saturated heterocycles. The van der Waals surface area contributed by atoms with Gasteiger partial charge in [-0.3, -0.25) is 9.59 Å². The van der Waals surface area contributed by atoms with Crippen molar-refractivity contribution in [1.29, 1.82) is 0 Å². The number of piperidine rings is 1. The Morgan fingerprint density at radius 1 is 1.25 bits per heavy atom. The van der Waals surface area contributed by atoms with E-state index < -0.39 is 23.6 Å². The van der Waals surface area contributed by atoms with E-state index in [0.29, 0.717) is 6.42 Å². The van der Waals surface area contributed by atoms with Crippen molar-refractivity contribution < 1.29 is 22.8 Å². The van der Waals surface area contributed by atoms with Gasteiger partial charge in [0.05, 0.1) is 5.56 Å². The smallest absolute Gasteiger partial charge is 0.349 e. The number of rotatable bonds is 3. The summed E-state index contributed by atoms with van der Waals surface area (Å²) < 4.78 is 39.1. The monoisotopic (exact) mass is 343 g/mol. The van der Waals surface area contributed by atoms with Gasteiger partial charge in [-0.2, -0.15) is 13.2 Å². The average molecular weight is 343 g/mol. The zero-order valence-corrected chi connectivity index (χ0v) is 13.5. The Balaban J connectivity index is 2.26. The molecular weight excluding hydrogens is 323 g/mol. The van der Waals surface area contributed by atoms with E-state index >= 15 is 0 Å². The fourth-order valence-electron chi connectivity index (χ4n) is 2.68. The van der Waals surface area contributed by atoms with Crippen LogP contribution in [-0.2, 0) is 11.0 Å². The molecule has 0 saturated carbocycles. The molecule has 2 rings (SSSR count). The van der Waals surface area contributed by atoms with Crippen LogP contribution in [0, 0.1) is 5.92 Å². The molecule has 1 heterocycles. The SMILES string of the molecule is CC(=O)Nc1cc(C(=O)NC2CCNCC2C)cc(C(F)(F)F)c1. The molecule has 1 aliphatic rings. The highest BCUT2D eigenvalue weighted by Gasteiger charge is 2.32. The van der Waals surface area contributed by atoms with Crippen LogP contribution >= 0.6 is 0 Å². The van der Waals surface area contributed by atoms with Gasteiger partial charge in [-0.15, -0.1) is 0 Å². The zero-order valence-electron chi connectivity index (χ0n) is 13.5. The fraction of sp³-hybridized carbons (Fsp3) is 0.500. The summed E-state index contributed by atoms with van der Waals surface area (Å²) in [7, 11) is 0. The van der Waals surface area contributed by atoms with Gasteiger partial charge in [-0.1, -0.05) is 6.92 Å². The molecule has 5 nitrogen and oxygen atoms in total. The van der Waals surface area contributed by atoms with Crippen molar-refractivity contribution >= 4 is 17.5 Å². The first-order valence-electron chi connectivity index (χ1n) is 7.68. The molecule has 24 heavy (non-hydrogen) atoms. The maximum Gasteiger partial charge on any atom is 0.416 e. The van der Waals surface area contributed by atoms with Crippen LogP contribution in [0.25, 0.3) is 0 Å². The molecule has 3 N–H and O–H groups in total. The van der Waals surface area contributed by atoms with Crippen molar-refractivity contribution in [1.82, 2.24) is 10.6 Å². The van der Waals surface area contributed by atoms with Crippen molar-refractivity contribution in [3.63, 3.8) is 0 Å². The third-order valence-corrected chi connectivity index (χ3v) is 3.94. The van der Waals surface area contributed by atoms with Crippen LogP contribution in [-0.4, -0.2) is 30.9 Å². The quantitative estimate of drug-likeness (QED) is 0.789. The number of nitrogens with one attached hydrogen (secondary N) is 3. The Labute approximate surface area is 138 Å². The van der Waals surface area contributed by atoms with Crippen LogP contribution in [0.4, 0.5) is 18.9 Å². The molecule has 2 atom stereocenters. The molecule has 0 spiro atoms. The minimum absolute atomic E-state index is 0.0548. The lowest BCUT2D eigenvalue weighted by Gasteiger charge is -2.30. The Bertz CT molecular complexity index is 631. The van der Waals surface area contributed by atoms with E-state index in [1.54, 1.807) is 0 Å².